The molecule has 35 heavy (non-hydrogen) atoms. The largest absolute Gasteiger partial charge is 1.00 e. The van der Waals surface area contributed by atoms with Gasteiger partial charge < -0.3 is 38.6 Å². The van der Waals surface area contributed by atoms with Gasteiger partial charge in [-0.2, -0.15) is 0 Å². The van der Waals surface area contributed by atoms with Crippen molar-refractivity contribution in [2.24, 2.45) is 0 Å². The Hall–Kier alpha value is -1.80. The zero-order valence-electron chi connectivity index (χ0n) is 19.4. The van der Waals surface area contributed by atoms with Gasteiger partial charge in [-0.1, -0.05) is 6.07 Å². The van der Waals surface area contributed by atoms with Gasteiger partial charge in [0.15, 0.2) is 34.7 Å². The summed E-state index contributed by atoms with van der Waals surface area (Å²) in [5, 5.41) is 13.9. The van der Waals surface area contributed by atoms with E-state index in [1.54, 1.807) is 14.2 Å². The standard InChI is InChI=1S/C20H24N5O8P.Na/c1-29-12-4-3-11(7-13(12)30-2)5-6-21-18-15-19(23-9-22-18)25(10-24-15)20-16(26)17-14(32-20)8-31-34(27,28)33-17;/h3-4,7,9-10,14,16-17,20,26H,5-6,8H2,1-2H3,(H,27,28)(H,21,22,23);/q;+1/p-1/t14-,16-,17-,20-;/m1./s1. The van der Waals surface area contributed by atoms with Crippen LogP contribution in [-0.4, -0.2) is 70.3 Å². The normalized spacial score (nSPS) is 27.8. The summed E-state index contributed by atoms with van der Waals surface area (Å²) in [6.07, 6.45) is -0.496. The molecule has 0 spiro atoms. The Morgan fingerprint density at radius 1 is 1.26 bits per heavy atom. The quantitative estimate of drug-likeness (QED) is 0.255. The number of rotatable bonds is 7. The maximum absolute atomic E-state index is 11.6. The van der Waals surface area contributed by atoms with Crippen LogP contribution >= 0.6 is 7.82 Å². The minimum absolute atomic E-state index is 0. The fourth-order valence-electron chi connectivity index (χ4n) is 4.09. The third kappa shape index (κ3) is 5.19. The fourth-order valence-corrected chi connectivity index (χ4v) is 5.04. The minimum atomic E-state index is -4.47. The summed E-state index contributed by atoms with van der Waals surface area (Å²) in [4.78, 5) is 24.5. The van der Waals surface area contributed by atoms with E-state index in [2.05, 4.69) is 24.8 Å². The SMILES string of the molecule is COc1ccc(CCNc2ncnc3c2ncn3[C@@H]2O[C@@H]3COP(=O)([O-])O[C@H]3[C@H]2O)cc1OC.[Na+]. The smallest absolute Gasteiger partial charge is 0.756 e. The number of imidazole rings is 1. The van der Waals surface area contributed by atoms with Crippen LogP contribution in [0.4, 0.5) is 5.82 Å². The van der Waals surface area contributed by atoms with Crippen LogP contribution < -0.4 is 49.2 Å². The molecule has 5 rings (SSSR count). The molecule has 2 aliphatic rings. The zero-order chi connectivity index (χ0) is 23.9. The molecule has 0 amide bonds. The van der Waals surface area contributed by atoms with Crippen molar-refractivity contribution in [1.82, 2.24) is 19.5 Å². The molecule has 4 heterocycles. The van der Waals surface area contributed by atoms with Crippen LogP contribution in [0.25, 0.3) is 11.2 Å². The molecule has 2 fully saturated rings. The van der Waals surface area contributed by atoms with E-state index < -0.39 is 32.4 Å². The molecule has 1 aromatic carbocycles. The average Bonchev–Trinajstić information content (AvgIpc) is 3.40. The number of phosphoric ester groups is 1. The van der Waals surface area contributed by atoms with Crippen LogP contribution in [0.2, 0.25) is 0 Å². The molecule has 182 valence electrons. The van der Waals surface area contributed by atoms with E-state index >= 15 is 0 Å². The summed E-state index contributed by atoms with van der Waals surface area (Å²) in [7, 11) is -1.29. The second-order valence-electron chi connectivity index (χ2n) is 7.78. The second kappa shape index (κ2) is 10.7. The van der Waals surface area contributed by atoms with Crippen LogP contribution in [0.1, 0.15) is 11.8 Å². The molecule has 1 unspecified atom stereocenters. The van der Waals surface area contributed by atoms with Gasteiger partial charge in [0.1, 0.15) is 24.6 Å². The van der Waals surface area contributed by atoms with Gasteiger partial charge >= 0.3 is 29.6 Å². The molecule has 15 heteroatoms. The molecule has 5 atom stereocenters. The van der Waals surface area contributed by atoms with Crippen LogP contribution in [0.3, 0.4) is 0 Å². The fraction of sp³-hybridized carbons (Fsp3) is 0.450. The molecular weight excluding hydrogens is 492 g/mol. The number of fused-ring (bicyclic) bond motifs is 2. The van der Waals surface area contributed by atoms with E-state index in [0.29, 0.717) is 41.4 Å². The van der Waals surface area contributed by atoms with Crippen molar-refractivity contribution in [3.63, 3.8) is 0 Å². The van der Waals surface area contributed by atoms with Crippen molar-refractivity contribution in [1.29, 1.82) is 0 Å². The Labute approximate surface area is 222 Å². The molecular formula is C20H23N5NaO8P. The number of aliphatic hydroxyl groups is 1. The summed E-state index contributed by atoms with van der Waals surface area (Å²) < 4.78 is 39.1. The number of hydrogen-bond donors (Lipinski definition) is 2. The first-order valence-corrected chi connectivity index (χ1v) is 12.0. The van der Waals surface area contributed by atoms with Gasteiger partial charge in [0.05, 0.1) is 27.2 Å². The molecule has 2 aliphatic heterocycles. The molecule has 2 N–H and O–H groups in total. The van der Waals surface area contributed by atoms with E-state index in [1.165, 1.54) is 17.2 Å². The van der Waals surface area contributed by atoms with E-state index in [4.69, 9.17) is 18.7 Å². The molecule has 0 aliphatic carbocycles. The van der Waals surface area contributed by atoms with Gasteiger partial charge in [0.25, 0.3) is 7.82 Å². The van der Waals surface area contributed by atoms with Crippen LogP contribution in [0.15, 0.2) is 30.9 Å². The van der Waals surface area contributed by atoms with Gasteiger partial charge in [-0.25, -0.2) is 15.0 Å². The van der Waals surface area contributed by atoms with Crippen LogP contribution in [0, 0.1) is 0 Å². The van der Waals surface area contributed by atoms with Crippen molar-refractivity contribution in [2.45, 2.75) is 31.0 Å². The Morgan fingerprint density at radius 2 is 2.06 bits per heavy atom. The molecule has 2 saturated heterocycles. The number of aliphatic hydroxyl groups excluding tert-OH is 1. The van der Waals surface area contributed by atoms with Gasteiger partial charge in [-0.05, 0) is 24.1 Å². The Kier molecular flexibility index (Phi) is 8.01. The van der Waals surface area contributed by atoms with E-state index in [-0.39, 0.29) is 36.2 Å². The van der Waals surface area contributed by atoms with Crippen LogP contribution in [0.5, 0.6) is 11.5 Å². The first-order valence-electron chi connectivity index (χ1n) is 10.5. The Morgan fingerprint density at radius 3 is 2.83 bits per heavy atom. The first kappa shape index (κ1) is 26.3. The van der Waals surface area contributed by atoms with Gasteiger partial charge in [-0.15, -0.1) is 0 Å². The Bertz CT molecular complexity index is 1250. The van der Waals surface area contributed by atoms with Crippen LogP contribution in [-0.2, 0) is 24.8 Å². The summed E-state index contributed by atoms with van der Waals surface area (Å²) in [6, 6.07) is 5.72. The predicted molar refractivity (Wildman–Crippen MR) is 115 cm³/mol. The van der Waals surface area contributed by atoms with Crippen molar-refractivity contribution in [3.05, 3.63) is 36.4 Å². The number of hydrogen-bond acceptors (Lipinski definition) is 12. The number of ether oxygens (including phenoxy) is 3. The van der Waals surface area contributed by atoms with E-state index in [9.17, 15) is 14.6 Å². The number of methoxy groups -OCH3 is 2. The molecule has 0 saturated carbocycles. The number of aromatic nitrogens is 4. The topological polar surface area (TPSA) is 162 Å². The van der Waals surface area contributed by atoms with E-state index in [0.717, 1.165) is 5.56 Å². The maximum Gasteiger partial charge on any atom is 1.00 e. The molecule has 13 nitrogen and oxygen atoms in total. The van der Waals surface area contributed by atoms with Crippen molar-refractivity contribution < 1.29 is 67.4 Å². The average molecular weight is 515 g/mol. The Balaban J connectivity index is 0.00000289. The number of nitrogens with one attached hydrogen (secondary N) is 1. The molecule has 0 bridgehead atoms. The molecule has 3 aromatic rings. The van der Waals surface area contributed by atoms with Crippen molar-refractivity contribution in [2.75, 3.05) is 32.7 Å². The summed E-state index contributed by atoms with van der Waals surface area (Å²) in [5.74, 6) is 1.83. The zero-order valence-corrected chi connectivity index (χ0v) is 22.3. The minimum Gasteiger partial charge on any atom is -0.756 e. The second-order valence-corrected chi connectivity index (χ2v) is 9.14. The van der Waals surface area contributed by atoms with E-state index in [1.807, 2.05) is 18.2 Å². The van der Waals surface area contributed by atoms with Gasteiger partial charge in [0, 0.05) is 6.54 Å². The summed E-state index contributed by atoms with van der Waals surface area (Å²) in [6.45, 7) is 0.328. The van der Waals surface area contributed by atoms with Gasteiger partial charge in [0.2, 0.25) is 0 Å². The summed E-state index contributed by atoms with van der Waals surface area (Å²) >= 11 is 0. The monoisotopic (exact) mass is 515 g/mol. The third-order valence-electron chi connectivity index (χ3n) is 5.74. The van der Waals surface area contributed by atoms with Crippen molar-refractivity contribution in [3.8, 4) is 11.5 Å². The number of benzene rings is 1. The molecule has 0 radical (unpaired) electrons. The number of anilines is 1. The predicted octanol–water partition coefficient (Wildman–Crippen LogP) is -2.36. The van der Waals surface area contributed by atoms with Crippen molar-refractivity contribution >= 4 is 24.8 Å². The summed E-state index contributed by atoms with van der Waals surface area (Å²) in [5.41, 5.74) is 1.94. The van der Waals surface area contributed by atoms with Gasteiger partial charge in [-0.3, -0.25) is 9.13 Å². The molecule has 2 aromatic heterocycles. The third-order valence-corrected chi connectivity index (χ3v) is 6.71. The first-order chi connectivity index (χ1) is 16.4. The number of phosphoric acid groups is 1. The number of nitrogens with zero attached hydrogens (tertiary/aromatic N) is 4. The maximum atomic E-state index is 11.6.